The van der Waals surface area contributed by atoms with Crippen LogP contribution in [0.4, 0.5) is 0 Å². The molecule has 4 aromatic rings. The summed E-state index contributed by atoms with van der Waals surface area (Å²) in [5.41, 5.74) is 11.2. The number of pyridine rings is 2. The number of ether oxygens (including phenoxy) is 3. The molecule has 0 aliphatic heterocycles. The Morgan fingerprint density at radius 3 is 1.53 bits per heavy atom. The number of carbonyl (C=O) groups excluding carboxylic acids is 4. The van der Waals surface area contributed by atoms with E-state index in [1.165, 1.54) is 71.3 Å². The number of nitrogens with zero attached hydrogens (tertiary/aromatic N) is 2. The molecule has 0 atom stereocenters. The Hall–Kier alpha value is -4.41. The van der Waals surface area contributed by atoms with Crippen molar-refractivity contribution in [3.63, 3.8) is 0 Å². The number of methoxy groups -OCH3 is 1. The summed E-state index contributed by atoms with van der Waals surface area (Å²) < 4.78 is 17.7. The predicted molar refractivity (Wildman–Crippen MR) is 287 cm³/mol. The van der Waals surface area contributed by atoms with Gasteiger partial charge in [-0.1, -0.05) is 60.6 Å². The molecule has 12 rings (SSSR count). The summed E-state index contributed by atoms with van der Waals surface area (Å²) in [6, 6.07) is 20.2. The Kier molecular flexibility index (Phi) is 18.8. The predicted octanol–water partition coefficient (Wildman–Crippen LogP) is 13.5. The normalized spacial score (nSPS) is 29.6. The van der Waals surface area contributed by atoms with Crippen molar-refractivity contribution in [2.45, 2.75) is 207 Å². The van der Waals surface area contributed by atoms with Gasteiger partial charge in [0.05, 0.1) is 41.5 Å². The molecule has 2 aromatic carbocycles. The van der Waals surface area contributed by atoms with Crippen LogP contribution in [0.5, 0.6) is 11.5 Å². The molecule has 0 unspecified atom stereocenters. The molecule has 394 valence electrons. The highest BCUT2D eigenvalue weighted by atomic mass is 35.5. The minimum atomic E-state index is -0.231. The third-order valence-electron chi connectivity index (χ3n) is 18.1. The van der Waals surface area contributed by atoms with Gasteiger partial charge in [-0.15, -0.1) is 12.4 Å². The molecule has 2 heterocycles. The van der Waals surface area contributed by atoms with Gasteiger partial charge in [0.2, 0.25) is 0 Å². The standard InChI is InChI=1S/C30H42N2O3.C20H25NO2.C9H17N.CO2.ClH/c1-28(2,3)22-6-9-24(10-7-22)35-25-11-12-26-21(19-25)5-8-23(32-26)20-31-30-16-13-29(14-17-30,15-18-30)27(33)34-4;1-20(2,3)15-5-8-17(9-6-15)23-18-10-11-19-14(12-18)4-7-16(13-22)21-19;1-8-2-5-9(10,6-3-8)7-4-8;2-1-3;/h5,8,11-12,19,22,24,31H,6-7,9-10,13-18,20H2,1-4H3;4,7,10-13,15,17H,5-6,8-9H2,1-3H3;2-7,10H2,1H3;;1H. The molecule has 8 saturated carbocycles. The van der Waals surface area contributed by atoms with E-state index >= 15 is 0 Å². The minimum Gasteiger partial charge on any atom is -0.490 e. The first-order valence-electron chi connectivity index (χ1n) is 26.9. The van der Waals surface area contributed by atoms with Gasteiger partial charge >= 0.3 is 12.1 Å². The molecule has 8 fully saturated rings. The lowest BCUT2D eigenvalue weighted by Crippen LogP contribution is -2.56. The Bertz CT molecular complexity index is 2410. The third kappa shape index (κ3) is 14.5. The van der Waals surface area contributed by atoms with Gasteiger partial charge in [0.15, 0.2) is 6.29 Å². The summed E-state index contributed by atoms with van der Waals surface area (Å²) >= 11 is 0. The number of aromatic nitrogens is 2. The van der Waals surface area contributed by atoms with Crippen LogP contribution in [0.25, 0.3) is 21.8 Å². The van der Waals surface area contributed by atoms with E-state index in [1.807, 2.05) is 24.3 Å². The zero-order valence-corrected chi connectivity index (χ0v) is 45.6. The lowest BCUT2D eigenvalue weighted by molar-refractivity contribution is -0.191. The van der Waals surface area contributed by atoms with Gasteiger partial charge in [0.1, 0.15) is 17.2 Å². The van der Waals surface area contributed by atoms with Crippen molar-refractivity contribution in [2.75, 3.05) is 7.11 Å². The maximum Gasteiger partial charge on any atom is 0.373 e. The van der Waals surface area contributed by atoms with Gasteiger partial charge in [-0.05, 0) is 205 Å². The van der Waals surface area contributed by atoms with E-state index in [0.29, 0.717) is 34.1 Å². The molecule has 8 aliphatic carbocycles. The molecule has 72 heavy (non-hydrogen) atoms. The highest BCUT2D eigenvalue weighted by molar-refractivity contribution is 5.85. The van der Waals surface area contributed by atoms with Crippen LogP contribution < -0.4 is 20.5 Å². The quantitative estimate of drug-likeness (QED) is 0.121. The second-order valence-electron chi connectivity index (χ2n) is 24.9. The van der Waals surface area contributed by atoms with Crippen LogP contribution in [0.15, 0.2) is 60.7 Å². The number of benzene rings is 2. The fraction of sp³-hybridized carbons (Fsp3) is 0.650. The molecular weight excluding hydrogens is 924 g/mol. The van der Waals surface area contributed by atoms with E-state index in [1.54, 1.807) is 6.07 Å². The van der Waals surface area contributed by atoms with Gasteiger partial charge in [-0.2, -0.15) is 9.59 Å². The van der Waals surface area contributed by atoms with Crippen LogP contribution in [0.3, 0.4) is 0 Å². The van der Waals surface area contributed by atoms with Gasteiger partial charge in [0, 0.05) is 28.4 Å². The van der Waals surface area contributed by atoms with Crippen LogP contribution >= 0.6 is 12.4 Å². The second kappa shape index (κ2) is 23.9. The van der Waals surface area contributed by atoms with Crippen LogP contribution in [0.2, 0.25) is 0 Å². The number of hydrogen-bond donors (Lipinski definition) is 2. The summed E-state index contributed by atoms with van der Waals surface area (Å²) in [5.74, 6) is 3.44. The van der Waals surface area contributed by atoms with Crippen molar-refractivity contribution in [3.8, 4) is 11.5 Å². The lowest BCUT2D eigenvalue weighted by Gasteiger charge is -2.52. The van der Waals surface area contributed by atoms with E-state index in [4.69, 9.17) is 34.5 Å². The SMILES string of the molecule is CC(C)(C)C1CCC(Oc2ccc3nc(C=O)ccc3c2)CC1.CC12CCC(N)(CC1)CC2.COC(=O)C12CCC(NCc3ccc4cc(OC5CCC(C(C)(C)C)CC5)ccc4n3)(CC1)CC2.Cl.O=C=O. The molecular formula is C60H85ClN4O7. The largest absolute Gasteiger partial charge is 0.490 e. The number of halogens is 1. The number of aldehydes is 1. The van der Waals surface area contributed by atoms with Gasteiger partial charge in [-0.3, -0.25) is 14.6 Å². The fourth-order valence-electron chi connectivity index (χ4n) is 12.7. The molecule has 8 aliphatic rings. The first-order chi connectivity index (χ1) is 33.7. The topological polar surface area (TPSA) is 160 Å². The highest BCUT2D eigenvalue weighted by Crippen LogP contribution is 2.53. The Balaban J connectivity index is 0.000000195. The number of nitrogens with one attached hydrogen (secondary N) is 1. The maximum absolute atomic E-state index is 12.3. The lowest BCUT2D eigenvalue weighted by atomic mass is 9.57. The van der Waals surface area contributed by atoms with Gasteiger partial charge in [-0.25, -0.2) is 4.98 Å². The average Bonchev–Trinajstić information content (AvgIpc) is 3.37. The average molecular weight is 1010 g/mol. The molecule has 4 bridgehead atoms. The number of carbonyl (C=O) groups is 2. The molecule has 0 amide bonds. The van der Waals surface area contributed by atoms with Crippen molar-refractivity contribution in [2.24, 2.45) is 39.2 Å². The monoisotopic (exact) mass is 1010 g/mol. The van der Waals surface area contributed by atoms with Crippen molar-refractivity contribution < 1.29 is 33.4 Å². The molecule has 11 nitrogen and oxygen atoms in total. The van der Waals surface area contributed by atoms with Crippen molar-refractivity contribution in [3.05, 3.63) is 72.1 Å². The zero-order valence-electron chi connectivity index (χ0n) is 44.7. The maximum atomic E-state index is 12.3. The van der Waals surface area contributed by atoms with Gasteiger partial charge in [0.25, 0.3) is 0 Å². The molecule has 2 aromatic heterocycles. The number of fused-ring (bicyclic) bond motifs is 8. The molecule has 12 heteroatoms. The first-order valence-corrected chi connectivity index (χ1v) is 26.9. The van der Waals surface area contributed by atoms with E-state index < -0.39 is 0 Å². The zero-order chi connectivity index (χ0) is 51.1. The van der Waals surface area contributed by atoms with E-state index in [-0.39, 0.29) is 41.0 Å². The summed E-state index contributed by atoms with van der Waals surface area (Å²) in [4.78, 5) is 48.5. The van der Waals surface area contributed by atoms with Crippen molar-refractivity contribution in [1.82, 2.24) is 15.3 Å². The highest BCUT2D eigenvalue weighted by Gasteiger charge is 2.53. The summed E-state index contributed by atoms with van der Waals surface area (Å²) in [5, 5.41) is 5.96. The molecule has 0 spiro atoms. The van der Waals surface area contributed by atoms with E-state index in [2.05, 4.69) is 89.1 Å². The van der Waals surface area contributed by atoms with Crippen LogP contribution in [-0.2, 0) is 25.7 Å². The van der Waals surface area contributed by atoms with Crippen molar-refractivity contribution in [1.29, 1.82) is 0 Å². The van der Waals surface area contributed by atoms with Crippen LogP contribution in [0.1, 0.15) is 193 Å². The second-order valence-corrected chi connectivity index (χ2v) is 24.9. The van der Waals surface area contributed by atoms with Crippen LogP contribution in [-0.4, -0.2) is 58.8 Å². The minimum absolute atomic E-state index is 0. The van der Waals surface area contributed by atoms with Crippen molar-refractivity contribution >= 4 is 52.6 Å². The Morgan fingerprint density at radius 2 is 1.11 bits per heavy atom. The molecule has 3 N–H and O–H groups in total. The Labute approximate surface area is 436 Å². The van der Waals surface area contributed by atoms with E-state index in [9.17, 15) is 9.59 Å². The fourth-order valence-corrected chi connectivity index (χ4v) is 12.7. The smallest absolute Gasteiger partial charge is 0.373 e. The van der Waals surface area contributed by atoms with Gasteiger partial charge < -0.3 is 25.3 Å². The summed E-state index contributed by atoms with van der Waals surface area (Å²) in [6.45, 7) is 17.3. The molecule has 0 saturated heterocycles. The summed E-state index contributed by atoms with van der Waals surface area (Å²) in [7, 11) is 1.52. The number of nitrogens with two attached hydrogens (primary N) is 1. The number of hydrogen-bond acceptors (Lipinski definition) is 11. The van der Waals surface area contributed by atoms with Crippen LogP contribution in [0, 0.1) is 33.5 Å². The first kappa shape index (κ1) is 56.9. The number of rotatable bonds is 9. The van der Waals surface area contributed by atoms with E-state index in [0.717, 1.165) is 128 Å². The third-order valence-corrected chi connectivity index (χ3v) is 18.1. The number of esters is 1. The summed E-state index contributed by atoms with van der Waals surface area (Å²) in [6.07, 6.45) is 25.1. The Morgan fingerprint density at radius 1 is 0.667 bits per heavy atom. The molecule has 0 radical (unpaired) electrons.